The van der Waals surface area contributed by atoms with E-state index in [9.17, 15) is 0 Å². The molecule has 0 saturated carbocycles. The molecule has 0 unspecified atom stereocenters. The molecule has 0 bridgehead atoms. The van der Waals surface area contributed by atoms with Crippen molar-refractivity contribution in [3.8, 4) is 56.0 Å². The number of nitrogens with zero attached hydrogens (tertiary/aromatic N) is 2. The van der Waals surface area contributed by atoms with Crippen LogP contribution in [-0.2, 0) is 10.8 Å². The number of benzene rings is 8. The lowest BCUT2D eigenvalue weighted by atomic mass is 9.70. The van der Waals surface area contributed by atoms with E-state index in [0.717, 1.165) is 32.8 Å². The molecular formula is C80H96N2O2. The highest BCUT2D eigenvalue weighted by Crippen LogP contribution is 2.57. The van der Waals surface area contributed by atoms with Crippen LogP contribution in [0.25, 0.3) is 88.1 Å². The zero-order chi connectivity index (χ0) is 57.9. The van der Waals surface area contributed by atoms with Crippen molar-refractivity contribution in [2.24, 2.45) is 0 Å². The molecule has 0 spiro atoms. The third kappa shape index (κ3) is 11.9. The van der Waals surface area contributed by atoms with Gasteiger partial charge in [0.05, 0.1) is 36.3 Å². The van der Waals surface area contributed by atoms with Gasteiger partial charge in [0.15, 0.2) is 11.5 Å². The fraction of sp³-hybridized carbons (Fsp3) is 0.450. The SMILES string of the molecule is CCCCCCCCC1(CCCCCCCC)c2ccccc2-c2ccc(-c3ccc4c5ccc(-c6ccc7c(c6)C(CCCCCCCC)(CCCCCCCC)c6ccccc6-7)cc5c5nc6cc(OC)c(OC)cc6nc5c4c3)cc21. The summed E-state index contributed by atoms with van der Waals surface area (Å²) in [7, 11) is 3.40. The maximum absolute atomic E-state index is 5.88. The van der Waals surface area contributed by atoms with Crippen LogP contribution in [0, 0.1) is 0 Å². The fourth-order valence-electron chi connectivity index (χ4n) is 15.5. The van der Waals surface area contributed by atoms with Crippen LogP contribution in [0.2, 0.25) is 0 Å². The third-order valence-corrected chi connectivity index (χ3v) is 20.0. The first-order valence-electron chi connectivity index (χ1n) is 33.6. The van der Waals surface area contributed by atoms with Crippen LogP contribution >= 0.6 is 0 Å². The Morgan fingerprint density at radius 3 is 0.964 bits per heavy atom. The van der Waals surface area contributed by atoms with Crippen LogP contribution in [0.5, 0.6) is 11.5 Å². The van der Waals surface area contributed by atoms with Crippen LogP contribution < -0.4 is 9.47 Å². The minimum absolute atomic E-state index is 0.00544. The normalized spacial score (nSPS) is 13.7. The maximum atomic E-state index is 5.88. The molecule has 9 aromatic rings. The van der Waals surface area contributed by atoms with Crippen LogP contribution in [0.1, 0.15) is 230 Å². The molecule has 0 aliphatic heterocycles. The summed E-state index contributed by atoms with van der Waals surface area (Å²) in [5.41, 5.74) is 20.3. The standard InChI is InChI=1S/C80H96N2O2/c1-7-11-15-19-23-31-47-79(48-32-24-20-16-12-8-2)69-37-29-27-35-63(69)65-45-41-59(53-71(65)79)57-39-43-61-62-44-40-58(52-68(62)78-77(67(61)51-57)81-73-55-75(83-5)76(84-6)56-74(73)82-78)60-42-46-66-64-36-28-30-38-70(64)80(72(66)54-60,49-33-25-21-17-13-9-3)50-34-26-22-18-14-10-4/h27-30,35-46,51-56H,7-26,31-34,47-50H2,1-6H3. The molecule has 0 radical (unpaired) electrons. The lowest BCUT2D eigenvalue weighted by Gasteiger charge is -2.33. The number of methoxy groups -OCH3 is 2. The van der Waals surface area contributed by atoms with E-state index in [4.69, 9.17) is 19.4 Å². The molecule has 0 saturated heterocycles. The van der Waals surface area contributed by atoms with E-state index in [1.165, 1.54) is 246 Å². The molecule has 1 aromatic heterocycles. The highest BCUT2D eigenvalue weighted by atomic mass is 16.5. The van der Waals surface area contributed by atoms with Crippen LogP contribution in [-0.4, -0.2) is 24.2 Å². The second-order valence-corrected chi connectivity index (χ2v) is 25.5. The summed E-state index contributed by atoms with van der Waals surface area (Å²) < 4.78 is 11.8. The smallest absolute Gasteiger partial charge is 0.163 e. The molecule has 0 atom stereocenters. The van der Waals surface area contributed by atoms with Gasteiger partial charge in [0.2, 0.25) is 0 Å². The molecule has 84 heavy (non-hydrogen) atoms. The van der Waals surface area contributed by atoms with Gasteiger partial charge >= 0.3 is 0 Å². The van der Waals surface area contributed by atoms with E-state index in [1.54, 1.807) is 25.3 Å². The Bertz CT molecular complexity index is 3430. The lowest BCUT2D eigenvalue weighted by molar-refractivity contribution is 0.355. The van der Waals surface area contributed by atoms with Gasteiger partial charge in [-0.15, -0.1) is 0 Å². The van der Waals surface area contributed by atoms with E-state index >= 15 is 0 Å². The maximum Gasteiger partial charge on any atom is 0.163 e. The Hall–Kier alpha value is -6.52. The van der Waals surface area contributed by atoms with Gasteiger partial charge in [0, 0.05) is 33.7 Å². The number of hydrogen-bond acceptors (Lipinski definition) is 4. The van der Waals surface area contributed by atoms with Gasteiger partial charge in [-0.2, -0.15) is 0 Å². The van der Waals surface area contributed by atoms with Gasteiger partial charge in [-0.1, -0.05) is 279 Å². The van der Waals surface area contributed by atoms with Gasteiger partial charge in [-0.3, -0.25) is 0 Å². The average Bonchev–Trinajstić information content (AvgIpc) is 1.80. The Balaban J connectivity index is 1.02. The van der Waals surface area contributed by atoms with E-state index in [1.807, 2.05) is 12.1 Å². The summed E-state index contributed by atoms with van der Waals surface area (Å²) in [6, 6.07) is 52.1. The molecule has 4 heteroatoms. The van der Waals surface area contributed by atoms with E-state index in [2.05, 4.69) is 149 Å². The van der Waals surface area contributed by atoms with Gasteiger partial charge in [0.1, 0.15) is 0 Å². The largest absolute Gasteiger partial charge is 0.493 e. The first-order valence-corrected chi connectivity index (χ1v) is 33.6. The van der Waals surface area contributed by atoms with E-state index < -0.39 is 0 Å². The van der Waals surface area contributed by atoms with Crippen molar-refractivity contribution >= 4 is 43.6 Å². The first kappa shape index (κ1) is 59.2. The van der Waals surface area contributed by atoms with Gasteiger partial charge in [-0.25, -0.2) is 9.97 Å². The fourth-order valence-corrected chi connectivity index (χ4v) is 15.5. The van der Waals surface area contributed by atoms with Crippen molar-refractivity contribution in [3.05, 3.63) is 156 Å². The van der Waals surface area contributed by atoms with Crippen LogP contribution in [0.3, 0.4) is 0 Å². The number of rotatable bonds is 32. The molecule has 1 heterocycles. The minimum atomic E-state index is 0.00544. The molecule has 8 aromatic carbocycles. The predicted octanol–water partition coefficient (Wildman–Crippen LogP) is 24.0. The molecule has 438 valence electrons. The first-order chi connectivity index (χ1) is 41.4. The summed E-state index contributed by atoms with van der Waals surface area (Å²) >= 11 is 0. The predicted molar refractivity (Wildman–Crippen MR) is 360 cm³/mol. The molecule has 0 amide bonds. The lowest BCUT2D eigenvalue weighted by Crippen LogP contribution is -2.25. The zero-order valence-electron chi connectivity index (χ0n) is 52.2. The number of fused-ring (bicyclic) bond motifs is 13. The summed E-state index contributed by atoms with van der Waals surface area (Å²) in [5, 5.41) is 4.62. The third-order valence-electron chi connectivity index (χ3n) is 20.0. The van der Waals surface area contributed by atoms with E-state index in [-0.39, 0.29) is 10.8 Å². The molecule has 2 aliphatic rings. The van der Waals surface area contributed by atoms with Crippen molar-refractivity contribution < 1.29 is 9.47 Å². The van der Waals surface area contributed by atoms with Crippen molar-refractivity contribution in [3.63, 3.8) is 0 Å². The molecular weight excluding hydrogens is 1020 g/mol. The van der Waals surface area contributed by atoms with Gasteiger partial charge in [0.25, 0.3) is 0 Å². The van der Waals surface area contributed by atoms with Crippen molar-refractivity contribution in [2.75, 3.05) is 14.2 Å². The topological polar surface area (TPSA) is 44.2 Å². The van der Waals surface area contributed by atoms with Crippen molar-refractivity contribution in [1.29, 1.82) is 0 Å². The Morgan fingerprint density at radius 1 is 0.298 bits per heavy atom. The number of aromatic nitrogens is 2. The summed E-state index contributed by atoms with van der Waals surface area (Å²) in [6.45, 7) is 9.30. The summed E-state index contributed by atoms with van der Waals surface area (Å²) in [4.78, 5) is 11.2. The highest BCUT2D eigenvalue weighted by molar-refractivity contribution is 6.25. The number of hydrogen-bond donors (Lipinski definition) is 0. The number of unbranched alkanes of at least 4 members (excludes halogenated alkanes) is 20. The molecule has 11 rings (SSSR count). The Kier molecular flexibility index (Phi) is 19.5. The quantitative estimate of drug-likeness (QED) is 0.0239. The molecule has 4 nitrogen and oxygen atoms in total. The van der Waals surface area contributed by atoms with Crippen molar-refractivity contribution in [2.45, 2.75) is 218 Å². The summed E-state index contributed by atoms with van der Waals surface area (Å²) in [5.74, 6) is 1.30. The Labute approximate surface area is 504 Å². The molecule has 0 N–H and O–H groups in total. The highest BCUT2D eigenvalue weighted by Gasteiger charge is 2.44. The summed E-state index contributed by atoms with van der Waals surface area (Å²) in [6.07, 6.45) is 36.3. The number of ether oxygens (including phenoxy) is 2. The van der Waals surface area contributed by atoms with Gasteiger partial charge in [-0.05, 0) is 127 Å². The monoisotopic (exact) mass is 1120 g/mol. The second-order valence-electron chi connectivity index (χ2n) is 25.5. The van der Waals surface area contributed by atoms with Crippen LogP contribution in [0.15, 0.2) is 133 Å². The molecule has 0 fully saturated rings. The second kappa shape index (κ2) is 27.7. The zero-order valence-corrected chi connectivity index (χ0v) is 52.2. The average molecular weight is 1120 g/mol. The minimum Gasteiger partial charge on any atom is -0.493 e. The molecule has 2 aliphatic carbocycles. The van der Waals surface area contributed by atoms with Crippen LogP contribution in [0.4, 0.5) is 0 Å². The Morgan fingerprint density at radius 2 is 0.607 bits per heavy atom. The van der Waals surface area contributed by atoms with Crippen molar-refractivity contribution in [1.82, 2.24) is 9.97 Å². The van der Waals surface area contributed by atoms with Gasteiger partial charge < -0.3 is 9.47 Å². The van der Waals surface area contributed by atoms with E-state index in [0.29, 0.717) is 11.5 Å².